The van der Waals surface area contributed by atoms with Crippen molar-refractivity contribution < 1.29 is 19.0 Å². The highest BCUT2D eigenvalue weighted by molar-refractivity contribution is 6.32. The topological polar surface area (TPSA) is 64.1 Å². The zero-order chi connectivity index (χ0) is 37.2. The highest BCUT2D eigenvalue weighted by Crippen LogP contribution is 2.34. The van der Waals surface area contributed by atoms with Crippen molar-refractivity contribution in [2.24, 2.45) is 0 Å². The van der Waals surface area contributed by atoms with Gasteiger partial charge in [0.25, 0.3) is 0 Å². The standard InChI is InChI=1S/C45H48ClN3O4/c1-32(2)38-14-16-40(17-15-38)51-26-21-35-9-11-36(12-10-35)30-48-22-24-49(25-23-48)44(50)20-13-37-27-34(4)45(42(46)28-37)53-43-19-18-41(29-47-43)52-31-39-8-6-5-7-33(39)3/h5-20,27-29,32H,21-26,30-31H2,1-4H3. The average Bonchev–Trinajstić information content (AvgIpc) is 3.16. The fraction of sp³-hybridized carbons (Fsp3) is 0.289. The largest absolute Gasteiger partial charge is 0.493 e. The van der Waals surface area contributed by atoms with Crippen molar-refractivity contribution in [3.8, 4) is 23.1 Å². The number of carbonyl (C=O) groups is 1. The number of nitrogens with zero attached hydrogens (tertiary/aromatic N) is 3. The molecule has 1 saturated heterocycles. The van der Waals surface area contributed by atoms with E-state index in [1.54, 1.807) is 24.4 Å². The monoisotopic (exact) mass is 729 g/mol. The first-order valence-corrected chi connectivity index (χ1v) is 18.7. The van der Waals surface area contributed by atoms with Crippen LogP contribution in [-0.4, -0.2) is 53.5 Å². The van der Waals surface area contributed by atoms with Gasteiger partial charge in [-0.1, -0.05) is 86.1 Å². The van der Waals surface area contributed by atoms with Crippen molar-refractivity contribution in [3.63, 3.8) is 0 Å². The molecule has 0 saturated carbocycles. The van der Waals surface area contributed by atoms with E-state index in [0.717, 1.165) is 48.5 Å². The quantitative estimate of drug-likeness (QED) is 0.106. The molecule has 0 aliphatic carbocycles. The van der Waals surface area contributed by atoms with Crippen molar-refractivity contribution in [2.45, 2.75) is 53.2 Å². The summed E-state index contributed by atoms with van der Waals surface area (Å²) in [6, 6.07) is 32.6. The van der Waals surface area contributed by atoms with Gasteiger partial charge < -0.3 is 19.1 Å². The van der Waals surface area contributed by atoms with E-state index in [0.29, 0.717) is 54.6 Å². The van der Waals surface area contributed by atoms with Crippen LogP contribution in [0.15, 0.2) is 109 Å². The van der Waals surface area contributed by atoms with Crippen molar-refractivity contribution in [3.05, 3.63) is 153 Å². The van der Waals surface area contributed by atoms with Gasteiger partial charge >= 0.3 is 0 Å². The maximum atomic E-state index is 13.1. The third kappa shape index (κ3) is 10.7. The van der Waals surface area contributed by atoms with E-state index in [9.17, 15) is 4.79 Å². The Kier molecular flexibility index (Phi) is 12.8. The van der Waals surface area contributed by atoms with E-state index < -0.39 is 0 Å². The number of aromatic nitrogens is 1. The molecule has 0 atom stereocenters. The third-order valence-corrected chi connectivity index (χ3v) is 9.84. The Morgan fingerprint density at radius 1 is 0.830 bits per heavy atom. The molecule has 1 amide bonds. The Bertz CT molecular complexity index is 1960. The van der Waals surface area contributed by atoms with Crippen LogP contribution in [0, 0.1) is 13.8 Å². The summed E-state index contributed by atoms with van der Waals surface area (Å²) in [5.41, 5.74) is 7.83. The number of benzene rings is 4. The van der Waals surface area contributed by atoms with Gasteiger partial charge in [-0.05, 0) is 95.1 Å². The van der Waals surface area contributed by atoms with Gasteiger partial charge in [0.15, 0.2) is 5.75 Å². The van der Waals surface area contributed by atoms with E-state index in [2.05, 4.69) is 91.3 Å². The lowest BCUT2D eigenvalue weighted by Crippen LogP contribution is -2.47. The van der Waals surface area contributed by atoms with E-state index in [4.69, 9.17) is 25.8 Å². The SMILES string of the molecule is Cc1ccccc1COc1ccc(Oc2c(C)cc(C=CC(=O)N3CCN(Cc4ccc(CCOc5ccc(C(C)C)cc5)cc4)CC3)cc2Cl)nc1. The second kappa shape index (κ2) is 18.1. The smallest absolute Gasteiger partial charge is 0.246 e. The molecule has 1 aliphatic rings. The number of carbonyl (C=O) groups excluding carboxylic acids is 1. The Hall–Kier alpha value is -5.11. The molecule has 1 fully saturated rings. The molecule has 5 aromatic rings. The van der Waals surface area contributed by atoms with Crippen LogP contribution >= 0.6 is 11.6 Å². The molecular weight excluding hydrogens is 682 g/mol. The normalized spacial score (nSPS) is 13.4. The summed E-state index contributed by atoms with van der Waals surface area (Å²) in [6.07, 6.45) is 5.94. The number of aryl methyl sites for hydroxylation is 2. The molecule has 4 aromatic carbocycles. The molecule has 8 heteroatoms. The maximum Gasteiger partial charge on any atom is 0.246 e. The van der Waals surface area contributed by atoms with Crippen LogP contribution in [0.1, 0.15) is 58.7 Å². The molecule has 2 heterocycles. The molecule has 0 bridgehead atoms. The summed E-state index contributed by atoms with van der Waals surface area (Å²) >= 11 is 6.64. The summed E-state index contributed by atoms with van der Waals surface area (Å²) < 4.78 is 17.9. The number of pyridine rings is 1. The first kappa shape index (κ1) is 37.6. The van der Waals surface area contributed by atoms with Crippen LogP contribution in [0.4, 0.5) is 0 Å². The van der Waals surface area contributed by atoms with Crippen molar-refractivity contribution >= 4 is 23.6 Å². The van der Waals surface area contributed by atoms with Crippen molar-refractivity contribution in [1.29, 1.82) is 0 Å². The van der Waals surface area contributed by atoms with E-state index in [1.165, 1.54) is 22.3 Å². The molecule has 0 N–H and O–H groups in total. The molecule has 0 unspecified atom stereocenters. The lowest BCUT2D eigenvalue weighted by molar-refractivity contribution is -0.127. The van der Waals surface area contributed by atoms with Crippen molar-refractivity contribution in [2.75, 3.05) is 32.8 Å². The van der Waals surface area contributed by atoms with Gasteiger partial charge in [0.1, 0.15) is 18.1 Å². The zero-order valence-electron chi connectivity index (χ0n) is 31.1. The Morgan fingerprint density at radius 2 is 1.55 bits per heavy atom. The molecule has 1 aliphatic heterocycles. The summed E-state index contributed by atoms with van der Waals surface area (Å²) in [6.45, 7) is 13.4. The number of amides is 1. The first-order chi connectivity index (χ1) is 25.7. The lowest BCUT2D eigenvalue weighted by Gasteiger charge is -2.34. The van der Waals surface area contributed by atoms with Gasteiger partial charge in [-0.2, -0.15) is 0 Å². The maximum absolute atomic E-state index is 13.1. The van der Waals surface area contributed by atoms with Crippen LogP contribution in [0.3, 0.4) is 0 Å². The molecular formula is C45H48ClN3O4. The minimum atomic E-state index is -0.00452. The molecule has 0 radical (unpaired) electrons. The third-order valence-electron chi connectivity index (χ3n) is 9.56. The molecule has 0 spiro atoms. The predicted octanol–water partition coefficient (Wildman–Crippen LogP) is 9.83. The number of piperazine rings is 1. The molecule has 53 heavy (non-hydrogen) atoms. The number of hydrogen-bond acceptors (Lipinski definition) is 6. The van der Waals surface area contributed by atoms with Gasteiger partial charge in [0.2, 0.25) is 11.8 Å². The summed E-state index contributed by atoms with van der Waals surface area (Å²) in [7, 11) is 0. The number of halogens is 1. The molecule has 6 rings (SSSR count). The fourth-order valence-corrected chi connectivity index (χ4v) is 6.55. The minimum absolute atomic E-state index is 0.00452. The predicted molar refractivity (Wildman–Crippen MR) is 213 cm³/mol. The number of rotatable bonds is 14. The average molecular weight is 730 g/mol. The number of hydrogen-bond donors (Lipinski definition) is 0. The fourth-order valence-electron chi connectivity index (χ4n) is 6.24. The van der Waals surface area contributed by atoms with Gasteiger partial charge in [0.05, 0.1) is 17.8 Å². The zero-order valence-corrected chi connectivity index (χ0v) is 31.8. The van der Waals surface area contributed by atoms with Crippen LogP contribution in [0.5, 0.6) is 23.1 Å². The molecule has 1 aromatic heterocycles. The summed E-state index contributed by atoms with van der Waals surface area (Å²) in [5, 5.41) is 0.445. The first-order valence-electron chi connectivity index (χ1n) is 18.3. The second-order valence-electron chi connectivity index (χ2n) is 13.9. The number of ether oxygens (including phenoxy) is 3. The molecule has 7 nitrogen and oxygen atoms in total. The van der Waals surface area contributed by atoms with Crippen LogP contribution in [0.25, 0.3) is 6.08 Å². The van der Waals surface area contributed by atoms with Crippen molar-refractivity contribution in [1.82, 2.24) is 14.8 Å². The van der Waals surface area contributed by atoms with Gasteiger partial charge in [-0.15, -0.1) is 0 Å². The van der Waals surface area contributed by atoms with E-state index in [1.807, 2.05) is 42.2 Å². The minimum Gasteiger partial charge on any atom is -0.493 e. The Balaban J connectivity index is 0.925. The molecule has 274 valence electrons. The Labute approximate surface area is 318 Å². The summed E-state index contributed by atoms with van der Waals surface area (Å²) in [5.74, 6) is 3.02. The summed E-state index contributed by atoms with van der Waals surface area (Å²) in [4.78, 5) is 21.8. The van der Waals surface area contributed by atoms with Crippen LogP contribution in [-0.2, 0) is 24.4 Å². The van der Waals surface area contributed by atoms with E-state index >= 15 is 0 Å². The van der Waals surface area contributed by atoms with Crippen LogP contribution in [0.2, 0.25) is 5.02 Å². The Morgan fingerprint density at radius 3 is 2.23 bits per heavy atom. The van der Waals surface area contributed by atoms with Gasteiger partial charge in [-0.3, -0.25) is 9.69 Å². The highest BCUT2D eigenvalue weighted by Gasteiger charge is 2.20. The van der Waals surface area contributed by atoms with Gasteiger partial charge in [-0.25, -0.2) is 4.98 Å². The van der Waals surface area contributed by atoms with Crippen LogP contribution < -0.4 is 14.2 Å². The lowest BCUT2D eigenvalue weighted by atomic mass is 10.0. The second-order valence-corrected chi connectivity index (χ2v) is 14.3. The highest BCUT2D eigenvalue weighted by atomic mass is 35.5. The van der Waals surface area contributed by atoms with E-state index in [-0.39, 0.29) is 5.91 Å². The van der Waals surface area contributed by atoms with Gasteiger partial charge in [0, 0.05) is 51.3 Å².